The zero-order valence-electron chi connectivity index (χ0n) is 10.4. The van der Waals surface area contributed by atoms with E-state index in [1.165, 1.54) is 0 Å². The van der Waals surface area contributed by atoms with Crippen LogP contribution in [0.5, 0.6) is 5.75 Å². The first-order valence-corrected chi connectivity index (χ1v) is 6.28. The standard InChI is InChI=1S/C12H17BrN2O2.ClH/c1-9(12(16)15-8-7-14-2)17-11-6-4-3-5-10(11)13;/h3-6,9,14H,7-8H2,1-2H3,(H,15,16);1H. The highest BCUT2D eigenvalue weighted by Gasteiger charge is 2.14. The number of hydrogen-bond acceptors (Lipinski definition) is 3. The number of likely N-dealkylation sites (N-methyl/N-ethyl adjacent to an activating group) is 1. The van der Waals surface area contributed by atoms with Crippen molar-refractivity contribution in [3.63, 3.8) is 0 Å². The normalized spacial score (nSPS) is 11.3. The lowest BCUT2D eigenvalue weighted by molar-refractivity contribution is -0.127. The number of amides is 1. The number of para-hydroxylation sites is 1. The van der Waals surface area contributed by atoms with E-state index in [1.807, 2.05) is 31.3 Å². The van der Waals surface area contributed by atoms with Crippen LogP contribution in [0.1, 0.15) is 6.92 Å². The predicted octanol–water partition coefficient (Wildman–Crippen LogP) is 1.97. The van der Waals surface area contributed by atoms with Crippen LogP contribution >= 0.6 is 28.3 Å². The number of carbonyl (C=O) groups is 1. The molecule has 0 heterocycles. The van der Waals surface area contributed by atoms with Crippen LogP contribution in [0.4, 0.5) is 0 Å². The van der Waals surface area contributed by atoms with E-state index in [-0.39, 0.29) is 18.3 Å². The molecule has 1 atom stereocenters. The SMILES string of the molecule is CNCCNC(=O)C(C)Oc1ccccc1Br.Cl. The third-order valence-electron chi connectivity index (χ3n) is 2.18. The molecule has 0 aromatic heterocycles. The Bertz CT molecular complexity index is 377. The van der Waals surface area contributed by atoms with Crippen LogP contribution in [-0.4, -0.2) is 32.1 Å². The van der Waals surface area contributed by atoms with Crippen molar-refractivity contribution in [2.24, 2.45) is 0 Å². The zero-order valence-corrected chi connectivity index (χ0v) is 12.8. The Hall–Kier alpha value is -0.780. The van der Waals surface area contributed by atoms with Crippen molar-refractivity contribution in [3.05, 3.63) is 28.7 Å². The van der Waals surface area contributed by atoms with Crippen LogP contribution in [0.3, 0.4) is 0 Å². The number of hydrogen-bond donors (Lipinski definition) is 2. The Labute approximate surface area is 122 Å². The van der Waals surface area contributed by atoms with Gasteiger partial charge < -0.3 is 15.4 Å². The van der Waals surface area contributed by atoms with Gasteiger partial charge in [-0.05, 0) is 42.0 Å². The van der Waals surface area contributed by atoms with Gasteiger partial charge in [-0.3, -0.25) is 4.79 Å². The summed E-state index contributed by atoms with van der Waals surface area (Å²) in [7, 11) is 1.84. The highest BCUT2D eigenvalue weighted by molar-refractivity contribution is 9.10. The third kappa shape index (κ3) is 5.71. The lowest BCUT2D eigenvalue weighted by atomic mass is 10.3. The molecule has 6 heteroatoms. The summed E-state index contributed by atoms with van der Waals surface area (Å²) in [5, 5.41) is 5.74. The smallest absolute Gasteiger partial charge is 0.260 e. The molecule has 0 spiro atoms. The molecule has 0 aliphatic heterocycles. The van der Waals surface area contributed by atoms with Gasteiger partial charge in [0.2, 0.25) is 0 Å². The minimum Gasteiger partial charge on any atom is -0.480 e. The minimum atomic E-state index is -0.509. The minimum absolute atomic E-state index is 0. The molecule has 1 rings (SSSR count). The van der Waals surface area contributed by atoms with Crippen LogP contribution in [0.25, 0.3) is 0 Å². The van der Waals surface area contributed by atoms with Gasteiger partial charge in [0.25, 0.3) is 5.91 Å². The lowest BCUT2D eigenvalue weighted by Gasteiger charge is -2.15. The Morgan fingerprint density at radius 2 is 2.06 bits per heavy atom. The summed E-state index contributed by atoms with van der Waals surface area (Å²) >= 11 is 3.37. The molecule has 4 nitrogen and oxygen atoms in total. The molecule has 0 saturated carbocycles. The topological polar surface area (TPSA) is 50.4 Å². The average molecular weight is 338 g/mol. The number of nitrogens with one attached hydrogen (secondary N) is 2. The molecule has 2 N–H and O–H groups in total. The van der Waals surface area contributed by atoms with Crippen molar-refractivity contribution in [1.29, 1.82) is 0 Å². The van der Waals surface area contributed by atoms with Crippen molar-refractivity contribution in [3.8, 4) is 5.75 Å². The van der Waals surface area contributed by atoms with Gasteiger partial charge in [0.05, 0.1) is 4.47 Å². The molecule has 18 heavy (non-hydrogen) atoms. The monoisotopic (exact) mass is 336 g/mol. The summed E-state index contributed by atoms with van der Waals surface area (Å²) in [6.45, 7) is 3.07. The number of benzene rings is 1. The average Bonchev–Trinajstić information content (AvgIpc) is 2.32. The maximum atomic E-state index is 11.7. The largest absolute Gasteiger partial charge is 0.480 e. The first kappa shape index (κ1) is 17.2. The van der Waals surface area contributed by atoms with E-state index in [9.17, 15) is 4.79 Å². The molecule has 1 unspecified atom stereocenters. The van der Waals surface area contributed by atoms with E-state index in [4.69, 9.17) is 4.74 Å². The maximum absolute atomic E-state index is 11.7. The molecule has 1 aromatic carbocycles. The van der Waals surface area contributed by atoms with E-state index < -0.39 is 6.10 Å². The molecule has 102 valence electrons. The van der Waals surface area contributed by atoms with E-state index in [0.29, 0.717) is 12.3 Å². The zero-order chi connectivity index (χ0) is 12.7. The third-order valence-corrected chi connectivity index (χ3v) is 2.84. The highest BCUT2D eigenvalue weighted by atomic mass is 79.9. The molecule has 0 bridgehead atoms. The van der Waals surface area contributed by atoms with Crippen LogP contribution < -0.4 is 15.4 Å². The van der Waals surface area contributed by atoms with E-state index in [1.54, 1.807) is 6.92 Å². The molecule has 0 fully saturated rings. The van der Waals surface area contributed by atoms with Crippen LogP contribution in [0, 0.1) is 0 Å². The molecular weight excluding hydrogens is 320 g/mol. The fourth-order valence-electron chi connectivity index (χ4n) is 1.24. The van der Waals surface area contributed by atoms with Crippen molar-refractivity contribution in [2.75, 3.05) is 20.1 Å². The van der Waals surface area contributed by atoms with Gasteiger partial charge in [-0.15, -0.1) is 12.4 Å². The van der Waals surface area contributed by atoms with Crippen molar-refractivity contribution in [1.82, 2.24) is 10.6 Å². The van der Waals surface area contributed by atoms with Gasteiger partial charge in [-0.2, -0.15) is 0 Å². The number of ether oxygens (including phenoxy) is 1. The summed E-state index contributed by atoms with van der Waals surface area (Å²) in [5.41, 5.74) is 0. The highest BCUT2D eigenvalue weighted by Crippen LogP contribution is 2.24. The summed E-state index contributed by atoms with van der Waals surface area (Å²) in [4.78, 5) is 11.7. The molecule has 0 radical (unpaired) electrons. The van der Waals surface area contributed by atoms with Crippen molar-refractivity contribution < 1.29 is 9.53 Å². The predicted molar refractivity (Wildman–Crippen MR) is 78.4 cm³/mol. The molecule has 1 amide bonds. The first-order valence-electron chi connectivity index (χ1n) is 5.48. The number of rotatable bonds is 6. The second-order valence-corrected chi connectivity index (χ2v) is 4.44. The molecule has 1 aromatic rings. The van der Waals surface area contributed by atoms with Crippen molar-refractivity contribution in [2.45, 2.75) is 13.0 Å². The quantitative estimate of drug-likeness (QED) is 0.780. The van der Waals surface area contributed by atoms with Crippen LogP contribution in [0.15, 0.2) is 28.7 Å². The second-order valence-electron chi connectivity index (χ2n) is 3.59. The second kappa shape index (κ2) is 9.19. The summed E-state index contributed by atoms with van der Waals surface area (Å²) in [5.74, 6) is 0.555. The fourth-order valence-corrected chi connectivity index (χ4v) is 1.62. The van der Waals surface area contributed by atoms with Crippen molar-refractivity contribution >= 4 is 34.2 Å². The summed E-state index contributed by atoms with van der Waals surface area (Å²) in [6, 6.07) is 7.46. The number of halogens is 2. The summed E-state index contributed by atoms with van der Waals surface area (Å²) < 4.78 is 6.40. The Balaban J connectivity index is 0.00000289. The first-order chi connectivity index (χ1) is 8.15. The molecule has 0 aliphatic carbocycles. The van der Waals surface area contributed by atoms with Gasteiger partial charge in [0.15, 0.2) is 6.10 Å². The van der Waals surface area contributed by atoms with Gasteiger partial charge in [0, 0.05) is 13.1 Å². The molecule has 0 aliphatic rings. The van der Waals surface area contributed by atoms with Crippen LogP contribution in [-0.2, 0) is 4.79 Å². The van der Waals surface area contributed by atoms with Gasteiger partial charge in [-0.1, -0.05) is 12.1 Å². The van der Waals surface area contributed by atoms with Crippen LogP contribution in [0.2, 0.25) is 0 Å². The Morgan fingerprint density at radius 1 is 1.39 bits per heavy atom. The van der Waals surface area contributed by atoms with E-state index in [2.05, 4.69) is 26.6 Å². The van der Waals surface area contributed by atoms with Gasteiger partial charge in [0.1, 0.15) is 5.75 Å². The number of carbonyl (C=O) groups excluding carboxylic acids is 1. The molecular formula is C12H18BrClN2O2. The molecule has 0 saturated heterocycles. The fraction of sp³-hybridized carbons (Fsp3) is 0.417. The van der Waals surface area contributed by atoms with E-state index in [0.717, 1.165) is 11.0 Å². The Morgan fingerprint density at radius 3 is 2.67 bits per heavy atom. The lowest BCUT2D eigenvalue weighted by Crippen LogP contribution is -2.39. The Kier molecular flexibility index (Phi) is 8.79. The van der Waals surface area contributed by atoms with E-state index >= 15 is 0 Å². The van der Waals surface area contributed by atoms with Gasteiger partial charge >= 0.3 is 0 Å². The van der Waals surface area contributed by atoms with Gasteiger partial charge in [-0.25, -0.2) is 0 Å². The maximum Gasteiger partial charge on any atom is 0.260 e. The summed E-state index contributed by atoms with van der Waals surface area (Å²) in [6.07, 6.45) is -0.509.